The fourth-order valence-corrected chi connectivity index (χ4v) is 3.30. The first kappa shape index (κ1) is 11.6. The van der Waals surface area contributed by atoms with Gasteiger partial charge in [-0.25, -0.2) is 0 Å². The van der Waals surface area contributed by atoms with Crippen LogP contribution in [0, 0.1) is 11.3 Å². The van der Waals surface area contributed by atoms with Crippen molar-refractivity contribution in [2.45, 2.75) is 57.8 Å². The molecule has 0 unspecified atom stereocenters. The molecule has 0 aliphatic heterocycles. The van der Waals surface area contributed by atoms with Gasteiger partial charge in [-0.15, -0.1) is 0 Å². The number of carbonyl (C=O) groups excluding carboxylic acids is 1. The molecular formula is C13H20O3. The van der Waals surface area contributed by atoms with Crippen LogP contribution in [0.3, 0.4) is 0 Å². The van der Waals surface area contributed by atoms with Gasteiger partial charge in [-0.1, -0.05) is 32.1 Å². The monoisotopic (exact) mass is 224 g/mol. The van der Waals surface area contributed by atoms with Crippen molar-refractivity contribution in [1.82, 2.24) is 0 Å². The van der Waals surface area contributed by atoms with Gasteiger partial charge in [-0.2, -0.15) is 0 Å². The number of aliphatic carboxylic acids is 1. The van der Waals surface area contributed by atoms with Crippen LogP contribution in [0.2, 0.25) is 0 Å². The SMILES string of the molecule is O=C(O)C1(C(=O)C2CCCC2)CCCCC1. The number of hydrogen-bond donors (Lipinski definition) is 1. The molecule has 1 N–H and O–H groups in total. The highest BCUT2D eigenvalue weighted by Gasteiger charge is 2.48. The first-order chi connectivity index (χ1) is 7.67. The minimum Gasteiger partial charge on any atom is -0.480 e. The van der Waals surface area contributed by atoms with Crippen LogP contribution in [0.15, 0.2) is 0 Å². The van der Waals surface area contributed by atoms with Gasteiger partial charge < -0.3 is 5.11 Å². The van der Waals surface area contributed by atoms with E-state index in [4.69, 9.17) is 0 Å². The van der Waals surface area contributed by atoms with Gasteiger partial charge in [-0.3, -0.25) is 9.59 Å². The van der Waals surface area contributed by atoms with Crippen LogP contribution >= 0.6 is 0 Å². The lowest BCUT2D eigenvalue weighted by Gasteiger charge is -2.33. The maximum Gasteiger partial charge on any atom is 0.317 e. The molecule has 0 heterocycles. The quantitative estimate of drug-likeness (QED) is 0.750. The normalized spacial score (nSPS) is 25.5. The molecule has 2 saturated carbocycles. The summed E-state index contributed by atoms with van der Waals surface area (Å²) in [6.07, 6.45) is 8.00. The van der Waals surface area contributed by atoms with Gasteiger partial charge in [0.25, 0.3) is 0 Å². The van der Waals surface area contributed by atoms with E-state index in [1.54, 1.807) is 0 Å². The van der Waals surface area contributed by atoms with Gasteiger partial charge in [0.05, 0.1) is 0 Å². The summed E-state index contributed by atoms with van der Waals surface area (Å²) in [5.74, 6) is -0.796. The molecule has 2 rings (SSSR count). The summed E-state index contributed by atoms with van der Waals surface area (Å²) in [5.41, 5.74) is -1.02. The number of ketones is 1. The standard InChI is InChI=1S/C13H20O3/c14-11(10-6-2-3-7-10)13(12(15)16)8-4-1-5-9-13/h10H,1-9H2,(H,15,16). The van der Waals surface area contributed by atoms with Crippen LogP contribution in [-0.4, -0.2) is 16.9 Å². The van der Waals surface area contributed by atoms with E-state index in [0.717, 1.165) is 44.9 Å². The summed E-state index contributed by atoms with van der Waals surface area (Å²) in [4.78, 5) is 23.8. The second kappa shape index (κ2) is 4.56. The number of Topliss-reactive ketones (excluding diaryl/α,β-unsaturated/α-hetero) is 1. The molecule has 90 valence electrons. The zero-order valence-corrected chi connectivity index (χ0v) is 9.71. The number of carbonyl (C=O) groups is 2. The molecule has 0 bridgehead atoms. The summed E-state index contributed by atoms with van der Waals surface area (Å²) >= 11 is 0. The van der Waals surface area contributed by atoms with Crippen LogP contribution in [0.25, 0.3) is 0 Å². The van der Waals surface area contributed by atoms with E-state index in [-0.39, 0.29) is 11.7 Å². The molecule has 0 aromatic rings. The minimum atomic E-state index is -1.02. The lowest BCUT2D eigenvalue weighted by molar-refractivity contribution is -0.159. The van der Waals surface area contributed by atoms with Crippen LogP contribution in [0.5, 0.6) is 0 Å². The predicted octanol–water partition coefficient (Wildman–Crippen LogP) is 2.78. The highest BCUT2D eigenvalue weighted by Crippen LogP contribution is 2.42. The van der Waals surface area contributed by atoms with Crippen LogP contribution < -0.4 is 0 Å². The van der Waals surface area contributed by atoms with Crippen LogP contribution in [0.4, 0.5) is 0 Å². The zero-order chi connectivity index (χ0) is 11.6. The molecule has 0 aromatic carbocycles. The lowest BCUT2D eigenvalue weighted by atomic mass is 9.68. The van der Waals surface area contributed by atoms with Crippen molar-refractivity contribution in [3.05, 3.63) is 0 Å². The predicted molar refractivity (Wildman–Crippen MR) is 60.1 cm³/mol. The van der Waals surface area contributed by atoms with E-state index in [1.807, 2.05) is 0 Å². The Morgan fingerprint density at radius 1 is 0.938 bits per heavy atom. The first-order valence-electron chi connectivity index (χ1n) is 6.44. The van der Waals surface area contributed by atoms with Gasteiger partial charge in [0.2, 0.25) is 0 Å². The molecule has 0 atom stereocenters. The minimum absolute atomic E-state index is 0.0363. The molecule has 0 aromatic heterocycles. The molecule has 0 saturated heterocycles. The fourth-order valence-electron chi connectivity index (χ4n) is 3.30. The maximum absolute atomic E-state index is 12.4. The highest BCUT2D eigenvalue weighted by atomic mass is 16.4. The molecule has 2 fully saturated rings. The van der Waals surface area contributed by atoms with Crippen molar-refractivity contribution in [1.29, 1.82) is 0 Å². The number of carboxylic acids is 1. The van der Waals surface area contributed by atoms with E-state index in [1.165, 1.54) is 0 Å². The fraction of sp³-hybridized carbons (Fsp3) is 0.846. The van der Waals surface area contributed by atoms with E-state index < -0.39 is 11.4 Å². The Labute approximate surface area is 96.2 Å². The summed E-state index contributed by atoms with van der Waals surface area (Å²) in [6, 6.07) is 0. The Hall–Kier alpha value is -0.860. The summed E-state index contributed by atoms with van der Waals surface area (Å²) in [5, 5.41) is 9.40. The summed E-state index contributed by atoms with van der Waals surface area (Å²) < 4.78 is 0. The van der Waals surface area contributed by atoms with Crippen molar-refractivity contribution in [2.75, 3.05) is 0 Å². The second-order valence-corrected chi connectivity index (χ2v) is 5.29. The van der Waals surface area contributed by atoms with E-state index in [2.05, 4.69) is 0 Å². The Kier molecular flexibility index (Phi) is 3.31. The third-order valence-electron chi connectivity index (χ3n) is 4.31. The van der Waals surface area contributed by atoms with Gasteiger partial charge in [0.1, 0.15) is 5.41 Å². The largest absolute Gasteiger partial charge is 0.480 e. The zero-order valence-electron chi connectivity index (χ0n) is 9.71. The van der Waals surface area contributed by atoms with Crippen molar-refractivity contribution in [3.8, 4) is 0 Å². The molecule has 16 heavy (non-hydrogen) atoms. The van der Waals surface area contributed by atoms with Crippen molar-refractivity contribution in [2.24, 2.45) is 11.3 Å². The molecule has 2 aliphatic rings. The Balaban J connectivity index is 2.17. The van der Waals surface area contributed by atoms with Gasteiger partial charge in [0, 0.05) is 5.92 Å². The maximum atomic E-state index is 12.4. The molecule has 2 aliphatic carbocycles. The molecule has 0 amide bonds. The Morgan fingerprint density at radius 3 is 2.00 bits per heavy atom. The molecule has 3 heteroatoms. The topological polar surface area (TPSA) is 54.4 Å². The van der Waals surface area contributed by atoms with E-state index in [0.29, 0.717) is 12.8 Å². The average Bonchev–Trinajstić information content (AvgIpc) is 2.82. The van der Waals surface area contributed by atoms with Crippen molar-refractivity contribution in [3.63, 3.8) is 0 Å². The molecule has 0 radical (unpaired) electrons. The smallest absolute Gasteiger partial charge is 0.317 e. The van der Waals surface area contributed by atoms with Crippen molar-refractivity contribution < 1.29 is 14.7 Å². The van der Waals surface area contributed by atoms with E-state index >= 15 is 0 Å². The van der Waals surface area contributed by atoms with Gasteiger partial charge in [-0.05, 0) is 25.7 Å². The van der Waals surface area contributed by atoms with Gasteiger partial charge >= 0.3 is 5.97 Å². The summed E-state index contributed by atoms with van der Waals surface area (Å²) in [6.45, 7) is 0. The third kappa shape index (κ3) is 1.87. The first-order valence-corrected chi connectivity index (χ1v) is 6.44. The van der Waals surface area contributed by atoms with E-state index in [9.17, 15) is 14.7 Å². The van der Waals surface area contributed by atoms with Crippen molar-refractivity contribution >= 4 is 11.8 Å². The number of carboxylic acid groups (broad SMARTS) is 1. The van der Waals surface area contributed by atoms with Crippen LogP contribution in [-0.2, 0) is 9.59 Å². The Bertz CT molecular complexity index is 284. The van der Waals surface area contributed by atoms with Gasteiger partial charge in [0.15, 0.2) is 5.78 Å². The summed E-state index contributed by atoms with van der Waals surface area (Å²) in [7, 11) is 0. The highest BCUT2D eigenvalue weighted by molar-refractivity contribution is 6.04. The number of hydrogen-bond acceptors (Lipinski definition) is 2. The number of rotatable bonds is 3. The average molecular weight is 224 g/mol. The molecule has 3 nitrogen and oxygen atoms in total. The third-order valence-corrected chi connectivity index (χ3v) is 4.31. The Morgan fingerprint density at radius 2 is 1.50 bits per heavy atom. The van der Waals surface area contributed by atoms with Crippen LogP contribution in [0.1, 0.15) is 57.8 Å². The second-order valence-electron chi connectivity index (χ2n) is 5.29. The molecular weight excluding hydrogens is 204 g/mol. The lowest BCUT2D eigenvalue weighted by Crippen LogP contribution is -2.43. The molecule has 0 spiro atoms.